The van der Waals surface area contributed by atoms with Crippen molar-refractivity contribution >= 4 is 35.1 Å². The van der Waals surface area contributed by atoms with Crippen LogP contribution in [0.4, 0.5) is 5.69 Å². The number of rotatable bonds is 3. The lowest BCUT2D eigenvalue weighted by molar-refractivity contribution is -0.124. The van der Waals surface area contributed by atoms with Gasteiger partial charge in [-0.3, -0.25) is 14.9 Å². The van der Waals surface area contributed by atoms with Crippen molar-refractivity contribution in [2.75, 3.05) is 18.4 Å². The van der Waals surface area contributed by atoms with Gasteiger partial charge in [-0.1, -0.05) is 11.6 Å². The first kappa shape index (κ1) is 14.3. The number of amides is 2. The Morgan fingerprint density at radius 3 is 2.75 bits per heavy atom. The minimum absolute atomic E-state index is 0.0411. The zero-order valence-corrected chi connectivity index (χ0v) is 11.0. The molecule has 2 rings (SSSR count). The maximum atomic E-state index is 12.0. The standard InChI is InChI=1S/C12H12ClN3O4/c13-6-1-2-7(12(19)20)8(3-6)16-11(18)9-4-15-10(17)5-14-9/h1-3,9,14H,4-5H2,(H,15,17)(H,16,18)(H,19,20). The van der Waals surface area contributed by atoms with Gasteiger partial charge in [0.25, 0.3) is 0 Å². The fourth-order valence-electron chi connectivity index (χ4n) is 1.78. The largest absolute Gasteiger partial charge is 0.478 e. The summed E-state index contributed by atoms with van der Waals surface area (Å²) in [4.78, 5) is 34.0. The van der Waals surface area contributed by atoms with Crippen molar-refractivity contribution < 1.29 is 19.5 Å². The first-order valence-electron chi connectivity index (χ1n) is 5.81. The number of benzene rings is 1. The number of piperazine rings is 1. The summed E-state index contributed by atoms with van der Waals surface area (Å²) in [6, 6.07) is 3.49. The van der Waals surface area contributed by atoms with Crippen molar-refractivity contribution in [3.05, 3.63) is 28.8 Å². The molecule has 0 bridgehead atoms. The van der Waals surface area contributed by atoms with E-state index in [0.29, 0.717) is 5.02 Å². The van der Waals surface area contributed by atoms with Crippen molar-refractivity contribution in [2.45, 2.75) is 6.04 Å². The third kappa shape index (κ3) is 3.25. The minimum Gasteiger partial charge on any atom is -0.478 e. The SMILES string of the molecule is O=C1CNC(C(=O)Nc2cc(Cl)ccc2C(=O)O)CN1. The molecule has 1 fully saturated rings. The fraction of sp³-hybridized carbons (Fsp3) is 0.250. The molecule has 0 radical (unpaired) electrons. The lowest BCUT2D eigenvalue weighted by Crippen LogP contribution is -2.56. The summed E-state index contributed by atoms with van der Waals surface area (Å²) in [5.74, 6) is -1.79. The van der Waals surface area contributed by atoms with Gasteiger partial charge in [0.2, 0.25) is 11.8 Å². The molecule has 1 aromatic rings. The number of halogens is 1. The van der Waals surface area contributed by atoms with Crippen LogP contribution in [0.15, 0.2) is 18.2 Å². The lowest BCUT2D eigenvalue weighted by Gasteiger charge is -2.23. The monoisotopic (exact) mass is 297 g/mol. The van der Waals surface area contributed by atoms with Gasteiger partial charge in [0.05, 0.1) is 17.8 Å². The number of carbonyl (C=O) groups is 3. The Morgan fingerprint density at radius 2 is 2.15 bits per heavy atom. The molecule has 1 unspecified atom stereocenters. The molecule has 0 aliphatic carbocycles. The van der Waals surface area contributed by atoms with Crippen molar-refractivity contribution in [3.8, 4) is 0 Å². The van der Waals surface area contributed by atoms with Crippen LogP contribution in [0.25, 0.3) is 0 Å². The molecule has 1 aliphatic rings. The molecule has 7 nitrogen and oxygen atoms in total. The number of aromatic carboxylic acids is 1. The van der Waals surface area contributed by atoms with Gasteiger partial charge in [-0.25, -0.2) is 4.79 Å². The van der Waals surface area contributed by atoms with Crippen LogP contribution in [-0.2, 0) is 9.59 Å². The summed E-state index contributed by atoms with van der Waals surface area (Å²) in [6.07, 6.45) is 0. The maximum Gasteiger partial charge on any atom is 0.337 e. The Labute approximate surface area is 119 Å². The van der Waals surface area contributed by atoms with E-state index in [1.54, 1.807) is 0 Å². The van der Waals surface area contributed by atoms with Gasteiger partial charge in [-0.05, 0) is 18.2 Å². The zero-order chi connectivity index (χ0) is 14.7. The van der Waals surface area contributed by atoms with Crippen molar-refractivity contribution in [2.24, 2.45) is 0 Å². The van der Waals surface area contributed by atoms with E-state index >= 15 is 0 Å². The Hall–Kier alpha value is -2.12. The molecule has 106 valence electrons. The Kier molecular flexibility index (Phi) is 4.21. The van der Waals surface area contributed by atoms with Gasteiger partial charge in [-0.2, -0.15) is 0 Å². The van der Waals surface area contributed by atoms with Crippen LogP contribution >= 0.6 is 11.6 Å². The number of anilines is 1. The zero-order valence-electron chi connectivity index (χ0n) is 10.3. The highest BCUT2D eigenvalue weighted by Gasteiger charge is 2.24. The molecule has 1 aliphatic heterocycles. The highest BCUT2D eigenvalue weighted by Crippen LogP contribution is 2.21. The van der Waals surface area contributed by atoms with Crippen molar-refractivity contribution in [3.63, 3.8) is 0 Å². The molecule has 1 aromatic carbocycles. The third-order valence-corrected chi connectivity index (χ3v) is 3.03. The van der Waals surface area contributed by atoms with E-state index in [2.05, 4.69) is 16.0 Å². The number of hydrogen-bond acceptors (Lipinski definition) is 4. The summed E-state index contributed by atoms with van der Waals surface area (Å²) < 4.78 is 0. The second kappa shape index (κ2) is 5.89. The average molecular weight is 298 g/mol. The topological polar surface area (TPSA) is 108 Å². The highest BCUT2D eigenvalue weighted by atomic mass is 35.5. The van der Waals surface area contributed by atoms with Gasteiger partial charge in [0, 0.05) is 11.6 Å². The second-order valence-corrected chi connectivity index (χ2v) is 4.66. The molecule has 0 spiro atoms. The van der Waals surface area contributed by atoms with E-state index in [9.17, 15) is 14.4 Å². The smallest absolute Gasteiger partial charge is 0.337 e. The normalized spacial score (nSPS) is 18.2. The number of carbonyl (C=O) groups excluding carboxylic acids is 2. The second-order valence-electron chi connectivity index (χ2n) is 4.22. The van der Waals surface area contributed by atoms with Gasteiger partial charge in [0.1, 0.15) is 6.04 Å². The lowest BCUT2D eigenvalue weighted by atomic mass is 10.1. The van der Waals surface area contributed by atoms with Crippen LogP contribution in [0.2, 0.25) is 5.02 Å². The Morgan fingerprint density at radius 1 is 1.40 bits per heavy atom. The van der Waals surface area contributed by atoms with Crippen LogP contribution in [0.5, 0.6) is 0 Å². The molecular formula is C12H12ClN3O4. The quantitative estimate of drug-likeness (QED) is 0.631. The molecule has 4 N–H and O–H groups in total. The van der Waals surface area contributed by atoms with Crippen LogP contribution in [0.3, 0.4) is 0 Å². The van der Waals surface area contributed by atoms with Gasteiger partial charge < -0.3 is 15.7 Å². The number of nitrogens with one attached hydrogen (secondary N) is 3. The van der Waals surface area contributed by atoms with E-state index < -0.39 is 17.9 Å². The molecule has 1 heterocycles. The van der Waals surface area contributed by atoms with Gasteiger partial charge in [0.15, 0.2) is 0 Å². The van der Waals surface area contributed by atoms with Crippen LogP contribution < -0.4 is 16.0 Å². The third-order valence-electron chi connectivity index (χ3n) is 2.80. The van der Waals surface area contributed by atoms with E-state index in [0.717, 1.165) is 0 Å². The van der Waals surface area contributed by atoms with E-state index in [1.807, 2.05) is 0 Å². The van der Waals surface area contributed by atoms with Crippen molar-refractivity contribution in [1.29, 1.82) is 0 Å². The predicted molar refractivity (Wildman–Crippen MR) is 71.8 cm³/mol. The molecule has 1 saturated heterocycles. The van der Waals surface area contributed by atoms with E-state index in [1.165, 1.54) is 18.2 Å². The molecule has 20 heavy (non-hydrogen) atoms. The van der Waals surface area contributed by atoms with Gasteiger partial charge in [-0.15, -0.1) is 0 Å². The molecule has 0 saturated carbocycles. The van der Waals surface area contributed by atoms with E-state index in [-0.39, 0.29) is 30.2 Å². The number of carboxylic acid groups (broad SMARTS) is 1. The van der Waals surface area contributed by atoms with Crippen LogP contribution in [-0.4, -0.2) is 42.0 Å². The molecule has 2 amide bonds. The summed E-state index contributed by atoms with van der Waals surface area (Å²) >= 11 is 5.79. The number of carboxylic acids is 1. The molecule has 0 aromatic heterocycles. The average Bonchev–Trinajstić information content (AvgIpc) is 2.39. The summed E-state index contributed by atoms with van der Waals surface area (Å²) in [6.45, 7) is 0.188. The summed E-state index contributed by atoms with van der Waals surface area (Å²) in [7, 11) is 0. The Bertz CT molecular complexity index is 566. The van der Waals surface area contributed by atoms with Gasteiger partial charge >= 0.3 is 5.97 Å². The Balaban J connectivity index is 2.13. The van der Waals surface area contributed by atoms with E-state index in [4.69, 9.17) is 16.7 Å². The summed E-state index contributed by atoms with van der Waals surface area (Å²) in [5, 5.41) is 17.2. The first-order chi connectivity index (χ1) is 9.47. The fourth-order valence-corrected chi connectivity index (χ4v) is 1.95. The van der Waals surface area contributed by atoms with Crippen LogP contribution in [0.1, 0.15) is 10.4 Å². The predicted octanol–water partition coefficient (Wildman–Crippen LogP) is 0.0647. The molecule has 1 atom stereocenters. The van der Waals surface area contributed by atoms with Crippen molar-refractivity contribution in [1.82, 2.24) is 10.6 Å². The summed E-state index contributed by atoms with van der Waals surface area (Å²) in [5.41, 5.74) is 0.0660. The van der Waals surface area contributed by atoms with Crippen LogP contribution in [0, 0.1) is 0 Å². The first-order valence-corrected chi connectivity index (χ1v) is 6.19. The maximum absolute atomic E-state index is 12.0. The number of hydrogen-bond donors (Lipinski definition) is 4. The molecule has 8 heteroatoms. The highest BCUT2D eigenvalue weighted by molar-refractivity contribution is 6.31. The minimum atomic E-state index is -1.16. The molecular weight excluding hydrogens is 286 g/mol.